The third-order valence-electron chi connectivity index (χ3n) is 3.54. The lowest BCUT2D eigenvalue weighted by Gasteiger charge is -2.18. The Balaban J connectivity index is 0.000000480. The molecule has 1 unspecified atom stereocenters. The molecule has 0 fully saturated rings. The number of aliphatic hydroxyl groups is 1. The van der Waals surface area contributed by atoms with E-state index >= 15 is 0 Å². The maximum atomic E-state index is 11.9. The Bertz CT molecular complexity index is 740. The van der Waals surface area contributed by atoms with Gasteiger partial charge in [-0.3, -0.25) is 4.79 Å². The highest BCUT2D eigenvalue weighted by Gasteiger charge is 2.38. The number of halogens is 3. The molecule has 28 heavy (non-hydrogen) atoms. The lowest BCUT2D eigenvalue weighted by molar-refractivity contribution is -0.192. The van der Waals surface area contributed by atoms with Gasteiger partial charge in [-0.05, 0) is 17.5 Å². The number of nitrogens with two attached hydrogens (primary N) is 1. The summed E-state index contributed by atoms with van der Waals surface area (Å²) in [5.74, 6) is -3.20. The van der Waals surface area contributed by atoms with E-state index in [9.17, 15) is 23.1 Å². The zero-order valence-corrected chi connectivity index (χ0v) is 14.8. The molecule has 1 amide bonds. The molecule has 0 aromatic heterocycles. The van der Waals surface area contributed by atoms with E-state index in [0.29, 0.717) is 13.0 Å². The summed E-state index contributed by atoms with van der Waals surface area (Å²) < 4.78 is 31.7. The Hall–Kier alpha value is -2.91. The van der Waals surface area contributed by atoms with Crippen LogP contribution in [0, 0.1) is 0 Å². The van der Waals surface area contributed by atoms with E-state index in [1.165, 1.54) is 0 Å². The maximum absolute atomic E-state index is 11.9. The highest BCUT2D eigenvalue weighted by molar-refractivity contribution is 5.81. The number of aliphatic carboxylic acids is 1. The Morgan fingerprint density at radius 2 is 1.39 bits per heavy atom. The zero-order chi connectivity index (χ0) is 21.2. The van der Waals surface area contributed by atoms with E-state index in [0.717, 1.165) is 11.1 Å². The van der Waals surface area contributed by atoms with Gasteiger partial charge >= 0.3 is 12.1 Å². The van der Waals surface area contributed by atoms with E-state index < -0.39 is 30.2 Å². The Morgan fingerprint density at radius 1 is 0.964 bits per heavy atom. The maximum Gasteiger partial charge on any atom is 0.490 e. The summed E-state index contributed by atoms with van der Waals surface area (Å²) in [6.07, 6.45) is -5.84. The topological polar surface area (TPSA) is 113 Å². The molecule has 0 aliphatic rings. The van der Waals surface area contributed by atoms with Gasteiger partial charge in [0.05, 0.1) is 0 Å². The van der Waals surface area contributed by atoms with Crippen LogP contribution in [0.1, 0.15) is 11.1 Å². The minimum Gasteiger partial charge on any atom is -0.475 e. The molecule has 5 N–H and O–H groups in total. The van der Waals surface area contributed by atoms with Gasteiger partial charge in [-0.15, -0.1) is 0 Å². The number of benzene rings is 2. The van der Waals surface area contributed by atoms with Crippen molar-refractivity contribution in [2.75, 3.05) is 0 Å². The molecule has 2 atom stereocenters. The Morgan fingerprint density at radius 3 is 1.82 bits per heavy atom. The smallest absolute Gasteiger partial charge is 0.475 e. The van der Waals surface area contributed by atoms with Crippen LogP contribution in [0.15, 0.2) is 60.7 Å². The number of hydrogen-bond donors (Lipinski definition) is 4. The van der Waals surface area contributed by atoms with Gasteiger partial charge in [-0.2, -0.15) is 13.2 Å². The van der Waals surface area contributed by atoms with Crippen molar-refractivity contribution in [1.82, 2.24) is 5.32 Å². The lowest BCUT2D eigenvalue weighted by Crippen LogP contribution is -2.47. The number of amides is 1. The number of hydrogen-bond acceptors (Lipinski definition) is 4. The van der Waals surface area contributed by atoms with E-state index in [2.05, 4.69) is 5.32 Å². The molecule has 0 radical (unpaired) electrons. The largest absolute Gasteiger partial charge is 0.490 e. The summed E-state index contributed by atoms with van der Waals surface area (Å²) in [7, 11) is 0. The fourth-order valence-electron chi connectivity index (χ4n) is 2.08. The highest BCUT2D eigenvalue weighted by Crippen LogP contribution is 2.13. The number of rotatable bonds is 6. The average molecular weight is 398 g/mol. The second-order valence-electron chi connectivity index (χ2n) is 5.80. The fourth-order valence-corrected chi connectivity index (χ4v) is 2.08. The second-order valence-corrected chi connectivity index (χ2v) is 5.80. The van der Waals surface area contributed by atoms with Crippen molar-refractivity contribution in [2.45, 2.75) is 31.3 Å². The van der Waals surface area contributed by atoms with Gasteiger partial charge in [-0.25, -0.2) is 4.79 Å². The molecular formula is C19H21F3N2O4. The van der Waals surface area contributed by atoms with Crippen molar-refractivity contribution in [3.05, 3.63) is 71.8 Å². The molecular weight excluding hydrogens is 377 g/mol. The average Bonchev–Trinajstić information content (AvgIpc) is 2.66. The molecule has 0 aliphatic heterocycles. The van der Waals surface area contributed by atoms with Gasteiger partial charge < -0.3 is 21.3 Å². The molecule has 0 heterocycles. The summed E-state index contributed by atoms with van der Waals surface area (Å²) in [6, 6.07) is 18.5. The molecule has 0 saturated heterocycles. The van der Waals surface area contributed by atoms with E-state index in [4.69, 9.17) is 15.6 Å². The monoisotopic (exact) mass is 398 g/mol. The number of carboxylic acid groups (broad SMARTS) is 1. The normalized spacial score (nSPS) is 12.9. The summed E-state index contributed by atoms with van der Waals surface area (Å²) >= 11 is 0. The van der Waals surface area contributed by atoms with E-state index in [1.807, 2.05) is 60.7 Å². The van der Waals surface area contributed by atoms with Crippen LogP contribution in [0.4, 0.5) is 13.2 Å². The first-order chi connectivity index (χ1) is 13.1. The van der Waals surface area contributed by atoms with Crippen molar-refractivity contribution in [2.24, 2.45) is 5.73 Å². The summed E-state index contributed by atoms with van der Waals surface area (Å²) in [5.41, 5.74) is 7.89. The Kier molecular flexibility index (Phi) is 9.13. The van der Waals surface area contributed by atoms with Crippen LogP contribution in [0.3, 0.4) is 0 Å². The molecule has 0 saturated carbocycles. The minimum absolute atomic E-state index is 0.384. The first-order valence-electron chi connectivity index (χ1n) is 8.20. The lowest BCUT2D eigenvalue weighted by atomic mass is 10.0. The molecule has 152 valence electrons. The number of alkyl halides is 3. The van der Waals surface area contributed by atoms with E-state index in [1.54, 1.807) is 0 Å². The van der Waals surface area contributed by atoms with Gasteiger partial charge in [0.15, 0.2) is 0 Å². The van der Waals surface area contributed by atoms with Crippen molar-refractivity contribution < 1.29 is 33.0 Å². The SMILES string of the molecule is NC(Cc1ccccc1)[C@H](O)C(=O)NCc1ccccc1.O=C(O)C(F)(F)F. The number of carbonyl (C=O) groups is 2. The van der Waals surface area contributed by atoms with Crippen LogP contribution in [0.5, 0.6) is 0 Å². The third-order valence-corrected chi connectivity index (χ3v) is 3.54. The number of carboxylic acids is 1. The molecule has 2 rings (SSSR count). The van der Waals surface area contributed by atoms with Crippen LogP contribution in [-0.4, -0.2) is 40.4 Å². The fraction of sp³-hybridized carbons (Fsp3) is 0.263. The summed E-state index contributed by atoms with van der Waals surface area (Å²) in [4.78, 5) is 20.8. The number of aliphatic hydroxyl groups excluding tert-OH is 1. The van der Waals surface area contributed by atoms with Crippen LogP contribution >= 0.6 is 0 Å². The first kappa shape index (κ1) is 23.1. The quantitative estimate of drug-likeness (QED) is 0.593. The minimum atomic E-state index is -5.08. The van der Waals surface area contributed by atoms with Crippen LogP contribution in [-0.2, 0) is 22.6 Å². The van der Waals surface area contributed by atoms with Crippen LogP contribution < -0.4 is 11.1 Å². The van der Waals surface area contributed by atoms with Crippen molar-refractivity contribution in [3.63, 3.8) is 0 Å². The molecule has 0 bridgehead atoms. The van der Waals surface area contributed by atoms with Gasteiger partial charge in [-0.1, -0.05) is 60.7 Å². The van der Waals surface area contributed by atoms with Gasteiger partial charge in [0.25, 0.3) is 5.91 Å². The summed E-state index contributed by atoms with van der Waals surface area (Å²) in [6.45, 7) is 0.384. The van der Waals surface area contributed by atoms with Gasteiger partial charge in [0.1, 0.15) is 6.10 Å². The Labute approximate surface area is 159 Å². The predicted octanol–water partition coefficient (Wildman–Crippen LogP) is 1.87. The molecule has 0 spiro atoms. The predicted molar refractivity (Wildman–Crippen MR) is 96.1 cm³/mol. The van der Waals surface area contributed by atoms with E-state index in [-0.39, 0.29) is 0 Å². The molecule has 0 aliphatic carbocycles. The molecule has 6 nitrogen and oxygen atoms in total. The van der Waals surface area contributed by atoms with Crippen molar-refractivity contribution in [3.8, 4) is 0 Å². The van der Waals surface area contributed by atoms with Crippen molar-refractivity contribution >= 4 is 11.9 Å². The standard InChI is InChI=1S/C17H20N2O2.C2HF3O2/c18-15(11-13-7-3-1-4-8-13)16(20)17(21)19-12-14-9-5-2-6-10-14;3-2(4,5)1(6)7/h1-10,15-16,20H,11-12,18H2,(H,19,21);(H,6,7)/t15?,16-;/m0./s1. The number of nitrogens with one attached hydrogen (secondary N) is 1. The van der Waals surface area contributed by atoms with Crippen LogP contribution in [0.25, 0.3) is 0 Å². The first-order valence-corrected chi connectivity index (χ1v) is 8.20. The zero-order valence-electron chi connectivity index (χ0n) is 14.8. The van der Waals surface area contributed by atoms with Crippen molar-refractivity contribution in [1.29, 1.82) is 0 Å². The molecule has 9 heteroatoms. The van der Waals surface area contributed by atoms with Gasteiger partial charge in [0, 0.05) is 12.6 Å². The van der Waals surface area contributed by atoms with Crippen LogP contribution in [0.2, 0.25) is 0 Å². The highest BCUT2D eigenvalue weighted by atomic mass is 19.4. The second kappa shape index (κ2) is 11.1. The van der Waals surface area contributed by atoms with Gasteiger partial charge in [0.2, 0.25) is 0 Å². The molecule has 2 aromatic rings. The number of carbonyl (C=O) groups excluding carboxylic acids is 1. The molecule has 2 aromatic carbocycles. The third kappa shape index (κ3) is 8.65. The summed E-state index contributed by atoms with van der Waals surface area (Å²) in [5, 5.41) is 19.8.